The standard InChI is InChI=1S/C21H21NO5/c1-21-14-3-4-15-19(27-10-24-15)13(14)8-22(2)20(21)12-7-17-16(25-9-26-17)5-11(12)6-18(21)23/h3-5,7,18,20,23H,6,8-10H2,1-2H3/t18-,20-,21?/m0/s1. The van der Waals surface area contributed by atoms with E-state index in [0.717, 1.165) is 46.2 Å². The van der Waals surface area contributed by atoms with E-state index in [4.69, 9.17) is 18.9 Å². The van der Waals surface area contributed by atoms with Gasteiger partial charge in [0.2, 0.25) is 13.6 Å². The highest BCUT2D eigenvalue weighted by atomic mass is 16.7. The summed E-state index contributed by atoms with van der Waals surface area (Å²) in [6.07, 6.45) is 0.0676. The molecule has 3 heterocycles. The van der Waals surface area contributed by atoms with Crippen LogP contribution in [0.25, 0.3) is 0 Å². The number of hydrogen-bond acceptors (Lipinski definition) is 6. The maximum atomic E-state index is 11.3. The minimum atomic E-state index is -0.516. The van der Waals surface area contributed by atoms with Crippen molar-refractivity contribution in [1.82, 2.24) is 4.90 Å². The minimum Gasteiger partial charge on any atom is -0.454 e. The van der Waals surface area contributed by atoms with Gasteiger partial charge in [-0.15, -0.1) is 0 Å². The first-order valence-electron chi connectivity index (χ1n) is 9.30. The third-order valence-corrected chi connectivity index (χ3v) is 6.67. The molecule has 0 radical (unpaired) electrons. The molecule has 0 saturated heterocycles. The van der Waals surface area contributed by atoms with Crippen LogP contribution in [0, 0.1) is 0 Å². The third-order valence-electron chi connectivity index (χ3n) is 6.67. The van der Waals surface area contributed by atoms with Crippen LogP contribution in [0.1, 0.15) is 35.2 Å². The molecular formula is C21H21NO5. The van der Waals surface area contributed by atoms with Crippen LogP contribution >= 0.6 is 0 Å². The van der Waals surface area contributed by atoms with Crippen LogP contribution in [0.5, 0.6) is 23.0 Å². The summed E-state index contributed by atoms with van der Waals surface area (Å²) in [6.45, 7) is 3.41. The highest BCUT2D eigenvalue weighted by Crippen LogP contribution is 2.57. The van der Waals surface area contributed by atoms with Crippen molar-refractivity contribution in [2.45, 2.75) is 37.5 Å². The molecular weight excluding hydrogens is 346 g/mol. The Hall–Kier alpha value is -2.44. The molecule has 6 rings (SSSR count). The summed E-state index contributed by atoms with van der Waals surface area (Å²) in [5, 5.41) is 11.3. The second kappa shape index (κ2) is 5.09. The molecule has 0 fully saturated rings. The quantitative estimate of drug-likeness (QED) is 0.772. The fourth-order valence-electron chi connectivity index (χ4n) is 5.41. The summed E-state index contributed by atoms with van der Waals surface area (Å²) >= 11 is 0. The van der Waals surface area contributed by atoms with Crippen molar-refractivity contribution in [3.05, 3.63) is 46.5 Å². The van der Waals surface area contributed by atoms with Crippen LogP contribution in [0.15, 0.2) is 24.3 Å². The molecule has 6 heteroatoms. The zero-order valence-corrected chi connectivity index (χ0v) is 15.3. The van der Waals surface area contributed by atoms with E-state index in [1.54, 1.807) is 0 Å². The van der Waals surface area contributed by atoms with Gasteiger partial charge in [0.1, 0.15) is 0 Å². The summed E-state index contributed by atoms with van der Waals surface area (Å²) in [6, 6.07) is 8.24. The molecule has 1 aliphatic carbocycles. The zero-order chi connectivity index (χ0) is 18.3. The topological polar surface area (TPSA) is 60.4 Å². The number of aliphatic hydroxyl groups is 1. The van der Waals surface area contributed by atoms with Gasteiger partial charge in [-0.2, -0.15) is 0 Å². The van der Waals surface area contributed by atoms with Gasteiger partial charge in [-0.05, 0) is 48.4 Å². The van der Waals surface area contributed by atoms with E-state index in [1.165, 1.54) is 5.56 Å². The minimum absolute atomic E-state index is 0.0404. The van der Waals surface area contributed by atoms with Crippen molar-refractivity contribution in [1.29, 1.82) is 0 Å². The van der Waals surface area contributed by atoms with Crippen LogP contribution in [-0.2, 0) is 18.4 Å². The number of ether oxygens (including phenoxy) is 4. The molecule has 3 aliphatic heterocycles. The fourth-order valence-corrected chi connectivity index (χ4v) is 5.41. The number of likely N-dealkylation sites (N-methyl/N-ethyl adjacent to an activating group) is 1. The Labute approximate surface area is 157 Å². The molecule has 0 saturated carbocycles. The third kappa shape index (κ3) is 1.87. The lowest BCUT2D eigenvalue weighted by molar-refractivity contribution is -0.000315. The predicted molar refractivity (Wildman–Crippen MR) is 96.4 cm³/mol. The van der Waals surface area contributed by atoms with E-state index in [0.29, 0.717) is 6.42 Å². The molecule has 0 aromatic heterocycles. The smallest absolute Gasteiger partial charge is 0.231 e. The first-order valence-corrected chi connectivity index (χ1v) is 9.30. The van der Waals surface area contributed by atoms with Gasteiger partial charge >= 0.3 is 0 Å². The molecule has 1 N–H and O–H groups in total. The van der Waals surface area contributed by atoms with Crippen molar-refractivity contribution in [3.63, 3.8) is 0 Å². The molecule has 0 bridgehead atoms. The van der Waals surface area contributed by atoms with Gasteiger partial charge in [-0.25, -0.2) is 0 Å². The monoisotopic (exact) mass is 367 g/mol. The number of aliphatic hydroxyl groups excluding tert-OH is 1. The van der Waals surface area contributed by atoms with Gasteiger partial charge in [0.05, 0.1) is 6.10 Å². The number of hydrogen-bond donors (Lipinski definition) is 1. The largest absolute Gasteiger partial charge is 0.454 e. The second-order valence-electron chi connectivity index (χ2n) is 8.05. The normalized spacial score (nSPS) is 29.9. The molecule has 140 valence electrons. The number of rotatable bonds is 0. The maximum Gasteiger partial charge on any atom is 0.231 e. The van der Waals surface area contributed by atoms with E-state index < -0.39 is 11.5 Å². The van der Waals surface area contributed by atoms with Gasteiger partial charge in [0.25, 0.3) is 0 Å². The molecule has 2 aromatic rings. The maximum absolute atomic E-state index is 11.3. The Morgan fingerprint density at radius 1 is 1.04 bits per heavy atom. The summed E-state index contributed by atoms with van der Waals surface area (Å²) < 4.78 is 22.5. The van der Waals surface area contributed by atoms with Crippen molar-refractivity contribution in [2.24, 2.45) is 0 Å². The van der Waals surface area contributed by atoms with E-state index in [1.807, 2.05) is 12.1 Å². The van der Waals surface area contributed by atoms with Crippen LogP contribution in [-0.4, -0.2) is 36.7 Å². The number of nitrogens with zero attached hydrogens (tertiary/aromatic N) is 1. The van der Waals surface area contributed by atoms with Gasteiger partial charge < -0.3 is 24.1 Å². The van der Waals surface area contributed by atoms with E-state index in [-0.39, 0.29) is 19.6 Å². The van der Waals surface area contributed by atoms with Crippen molar-refractivity contribution >= 4 is 0 Å². The zero-order valence-electron chi connectivity index (χ0n) is 15.3. The molecule has 3 atom stereocenters. The van der Waals surface area contributed by atoms with Gasteiger partial charge in [-0.3, -0.25) is 4.90 Å². The first kappa shape index (κ1) is 15.6. The van der Waals surface area contributed by atoms with Crippen molar-refractivity contribution < 1.29 is 24.1 Å². The highest BCUT2D eigenvalue weighted by Gasteiger charge is 2.53. The Bertz CT molecular complexity index is 974. The lowest BCUT2D eigenvalue weighted by atomic mass is 9.60. The summed E-state index contributed by atoms with van der Waals surface area (Å²) in [7, 11) is 2.10. The molecule has 0 spiro atoms. The molecule has 1 unspecified atom stereocenters. The second-order valence-corrected chi connectivity index (χ2v) is 8.05. The van der Waals surface area contributed by atoms with Gasteiger partial charge in [-0.1, -0.05) is 13.0 Å². The molecule has 4 aliphatic rings. The molecule has 6 nitrogen and oxygen atoms in total. The average Bonchev–Trinajstić information content (AvgIpc) is 3.29. The van der Waals surface area contributed by atoms with Crippen molar-refractivity contribution in [2.75, 3.05) is 20.6 Å². The Kier molecular flexibility index (Phi) is 2.94. The SMILES string of the molecule is CN1Cc2c(ccc3c2OCO3)C2(C)[C@@H]1c1cc3c(cc1C[C@@H]2O)OCO3. The average molecular weight is 367 g/mol. The van der Waals surface area contributed by atoms with E-state index >= 15 is 0 Å². The Morgan fingerprint density at radius 2 is 1.78 bits per heavy atom. The number of benzene rings is 2. The van der Waals surface area contributed by atoms with E-state index in [9.17, 15) is 5.11 Å². The lowest BCUT2D eigenvalue weighted by Gasteiger charge is -2.53. The van der Waals surface area contributed by atoms with Gasteiger partial charge in [0, 0.05) is 23.6 Å². The van der Waals surface area contributed by atoms with Gasteiger partial charge in [0.15, 0.2) is 23.0 Å². The first-order chi connectivity index (χ1) is 13.1. The summed E-state index contributed by atoms with van der Waals surface area (Å²) in [4.78, 5) is 2.30. The molecule has 0 amide bonds. The summed E-state index contributed by atoms with van der Waals surface area (Å²) in [5.74, 6) is 3.17. The predicted octanol–water partition coefficient (Wildman–Crippen LogP) is 2.51. The lowest BCUT2D eigenvalue weighted by Crippen LogP contribution is -2.55. The highest BCUT2D eigenvalue weighted by molar-refractivity contribution is 5.59. The summed E-state index contributed by atoms with van der Waals surface area (Å²) in [5.41, 5.74) is 4.15. The van der Waals surface area contributed by atoms with Crippen LogP contribution in [0.2, 0.25) is 0 Å². The Balaban J connectivity index is 1.58. The van der Waals surface area contributed by atoms with Crippen LogP contribution < -0.4 is 18.9 Å². The molecule has 2 aromatic carbocycles. The van der Waals surface area contributed by atoms with Crippen LogP contribution in [0.4, 0.5) is 0 Å². The number of fused-ring (bicyclic) bond motifs is 8. The van der Waals surface area contributed by atoms with Crippen LogP contribution in [0.3, 0.4) is 0 Å². The van der Waals surface area contributed by atoms with Crippen molar-refractivity contribution in [3.8, 4) is 23.0 Å². The van der Waals surface area contributed by atoms with E-state index in [2.05, 4.69) is 31.0 Å². The Morgan fingerprint density at radius 3 is 2.63 bits per heavy atom. The molecule has 27 heavy (non-hydrogen) atoms. The fraction of sp³-hybridized carbons (Fsp3) is 0.429.